The van der Waals surface area contributed by atoms with Gasteiger partial charge < -0.3 is 14.6 Å². The van der Waals surface area contributed by atoms with Crippen LogP contribution in [0.15, 0.2) is 16.7 Å². The summed E-state index contributed by atoms with van der Waals surface area (Å²) in [6, 6.07) is 1.47. The van der Waals surface area contributed by atoms with Crippen molar-refractivity contribution in [3.8, 4) is 5.88 Å². The number of ether oxygens (including phenoxy) is 2. The number of halogens is 1. The SMILES string of the molecule is O=C(O)c1cc(Br)cnc1OCC1CCCO1. The van der Waals surface area contributed by atoms with Gasteiger partial charge in [-0.15, -0.1) is 0 Å². The predicted octanol–water partition coefficient (Wildman–Crippen LogP) is 2.10. The summed E-state index contributed by atoms with van der Waals surface area (Å²) < 4.78 is 11.4. The van der Waals surface area contributed by atoms with Crippen LogP contribution in [-0.4, -0.2) is 35.4 Å². The molecule has 92 valence electrons. The quantitative estimate of drug-likeness (QED) is 0.922. The highest BCUT2D eigenvalue weighted by Gasteiger charge is 2.19. The van der Waals surface area contributed by atoms with Crippen molar-refractivity contribution in [3.05, 3.63) is 22.3 Å². The second-order valence-corrected chi connectivity index (χ2v) is 4.67. The lowest BCUT2D eigenvalue weighted by Gasteiger charge is -2.12. The summed E-state index contributed by atoms with van der Waals surface area (Å²) in [6.45, 7) is 1.09. The van der Waals surface area contributed by atoms with Gasteiger partial charge in [0.25, 0.3) is 0 Å². The average Bonchev–Trinajstić information content (AvgIpc) is 2.80. The maximum absolute atomic E-state index is 11.0. The highest BCUT2D eigenvalue weighted by Crippen LogP contribution is 2.21. The van der Waals surface area contributed by atoms with Gasteiger partial charge >= 0.3 is 5.97 Å². The molecule has 0 radical (unpaired) electrons. The molecule has 0 amide bonds. The van der Waals surface area contributed by atoms with Gasteiger partial charge in [-0.05, 0) is 34.8 Å². The molecule has 0 aromatic carbocycles. The molecule has 1 aliphatic heterocycles. The maximum atomic E-state index is 11.0. The lowest BCUT2D eigenvalue weighted by atomic mass is 10.2. The van der Waals surface area contributed by atoms with Crippen LogP contribution in [0.3, 0.4) is 0 Å². The molecule has 5 nitrogen and oxygen atoms in total. The van der Waals surface area contributed by atoms with E-state index in [1.54, 1.807) is 0 Å². The maximum Gasteiger partial charge on any atom is 0.341 e. The first-order valence-corrected chi connectivity index (χ1v) is 6.09. The van der Waals surface area contributed by atoms with Gasteiger partial charge in [0, 0.05) is 17.3 Å². The van der Waals surface area contributed by atoms with Crippen molar-refractivity contribution < 1.29 is 19.4 Å². The number of aromatic carboxylic acids is 1. The Kier molecular flexibility index (Phi) is 3.96. The van der Waals surface area contributed by atoms with E-state index in [1.807, 2.05) is 0 Å². The van der Waals surface area contributed by atoms with Crippen molar-refractivity contribution in [2.24, 2.45) is 0 Å². The number of aromatic nitrogens is 1. The Hall–Kier alpha value is -1.14. The number of nitrogens with zero attached hydrogens (tertiary/aromatic N) is 1. The van der Waals surface area contributed by atoms with E-state index in [0.29, 0.717) is 11.1 Å². The zero-order chi connectivity index (χ0) is 12.3. The van der Waals surface area contributed by atoms with Crippen LogP contribution in [0.2, 0.25) is 0 Å². The summed E-state index contributed by atoms with van der Waals surface area (Å²) >= 11 is 3.18. The molecule has 0 saturated carbocycles. The number of hydrogen-bond donors (Lipinski definition) is 1. The predicted molar refractivity (Wildman–Crippen MR) is 63.4 cm³/mol. The van der Waals surface area contributed by atoms with E-state index in [-0.39, 0.29) is 17.5 Å². The molecule has 1 aliphatic rings. The Morgan fingerprint density at radius 1 is 1.71 bits per heavy atom. The van der Waals surface area contributed by atoms with Crippen LogP contribution in [0.1, 0.15) is 23.2 Å². The van der Waals surface area contributed by atoms with Crippen molar-refractivity contribution in [1.29, 1.82) is 0 Å². The van der Waals surface area contributed by atoms with Crippen LogP contribution in [0.5, 0.6) is 5.88 Å². The van der Waals surface area contributed by atoms with Gasteiger partial charge in [-0.1, -0.05) is 0 Å². The molecule has 6 heteroatoms. The van der Waals surface area contributed by atoms with Gasteiger partial charge in [0.1, 0.15) is 12.2 Å². The van der Waals surface area contributed by atoms with E-state index in [4.69, 9.17) is 14.6 Å². The molecular weight excluding hydrogens is 290 g/mol. The summed E-state index contributed by atoms with van der Waals surface area (Å²) in [7, 11) is 0. The highest BCUT2D eigenvalue weighted by atomic mass is 79.9. The second-order valence-electron chi connectivity index (χ2n) is 3.76. The van der Waals surface area contributed by atoms with Gasteiger partial charge in [0.15, 0.2) is 0 Å². The highest BCUT2D eigenvalue weighted by molar-refractivity contribution is 9.10. The topological polar surface area (TPSA) is 68.7 Å². The third-order valence-corrected chi connectivity index (χ3v) is 2.91. The van der Waals surface area contributed by atoms with Gasteiger partial charge in [-0.3, -0.25) is 0 Å². The second kappa shape index (κ2) is 5.46. The van der Waals surface area contributed by atoms with Crippen LogP contribution in [0.25, 0.3) is 0 Å². The van der Waals surface area contributed by atoms with Crippen LogP contribution < -0.4 is 4.74 Å². The van der Waals surface area contributed by atoms with Crippen molar-refractivity contribution in [2.45, 2.75) is 18.9 Å². The molecule has 1 atom stereocenters. The standard InChI is InChI=1S/C11H12BrNO4/c12-7-4-9(11(14)15)10(13-5-7)17-6-8-2-1-3-16-8/h4-5,8H,1-3,6H2,(H,14,15). The van der Waals surface area contributed by atoms with Crippen molar-refractivity contribution in [1.82, 2.24) is 4.98 Å². The summed E-state index contributed by atoms with van der Waals surface area (Å²) in [5.74, 6) is -0.919. The average molecular weight is 302 g/mol. The van der Waals surface area contributed by atoms with Crippen LogP contribution in [0, 0.1) is 0 Å². The van der Waals surface area contributed by atoms with E-state index in [2.05, 4.69) is 20.9 Å². The molecule has 1 unspecified atom stereocenters. The zero-order valence-corrected chi connectivity index (χ0v) is 10.6. The van der Waals surface area contributed by atoms with Gasteiger partial charge in [0.2, 0.25) is 5.88 Å². The molecule has 1 aromatic rings. The summed E-state index contributed by atoms with van der Waals surface area (Å²) in [5.41, 5.74) is 0.0531. The molecule has 0 aliphatic carbocycles. The van der Waals surface area contributed by atoms with E-state index < -0.39 is 5.97 Å². The molecule has 1 aromatic heterocycles. The lowest BCUT2D eigenvalue weighted by Crippen LogP contribution is -2.18. The van der Waals surface area contributed by atoms with Gasteiger partial charge in [0.05, 0.1) is 6.10 Å². The fourth-order valence-electron chi connectivity index (χ4n) is 1.64. The minimum atomic E-state index is -1.05. The normalized spacial score (nSPS) is 19.2. The summed E-state index contributed by atoms with van der Waals surface area (Å²) in [5, 5.41) is 9.01. The first kappa shape index (κ1) is 12.3. The number of hydrogen-bond acceptors (Lipinski definition) is 4. The van der Waals surface area contributed by atoms with Gasteiger partial charge in [-0.25, -0.2) is 9.78 Å². The Morgan fingerprint density at radius 2 is 2.53 bits per heavy atom. The minimum Gasteiger partial charge on any atom is -0.477 e. The molecular formula is C11H12BrNO4. The Bertz CT molecular complexity index is 418. The molecule has 0 spiro atoms. The van der Waals surface area contributed by atoms with Crippen LogP contribution in [-0.2, 0) is 4.74 Å². The summed E-state index contributed by atoms with van der Waals surface area (Å²) in [4.78, 5) is 15.0. The van der Waals surface area contributed by atoms with E-state index >= 15 is 0 Å². The van der Waals surface area contributed by atoms with E-state index in [0.717, 1.165) is 19.4 Å². The number of rotatable bonds is 4. The molecule has 1 saturated heterocycles. The number of carbonyl (C=O) groups is 1. The monoisotopic (exact) mass is 301 g/mol. The largest absolute Gasteiger partial charge is 0.477 e. The zero-order valence-electron chi connectivity index (χ0n) is 9.06. The third kappa shape index (κ3) is 3.17. The minimum absolute atomic E-state index is 0.0436. The van der Waals surface area contributed by atoms with Gasteiger partial charge in [-0.2, -0.15) is 0 Å². The van der Waals surface area contributed by atoms with Crippen molar-refractivity contribution in [2.75, 3.05) is 13.2 Å². The number of carboxylic acids is 1. The molecule has 0 bridgehead atoms. The molecule has 2 heterocycles. The van der Waals surface area contributed by atoms with E-state index in [9.17, 15) is 4.79 Å². The molecule has 2 rings (SSSR count). The van der Waals surface area contributed by atoms with Crippen LogP contribution in [0.4, 0.5) is 0 Å². The Balaban J connectivity index is 2.06. The number of pyridine rings is 1. The third-order valence-electron chi connectivity index (χ3n) is 2.48. The van der Waals surface area contributed by atoms with Crippen molar-refractivity contribution >= 4 is 21.9 Å². The van der Waals surface area contributed by atoms with Crippen LogP contribution >= 0.6 is 15.9 Å². The smallest absolute Gasteiger partial charge is 0.341 e. The molecule has 17 heavy (non-hydrogen) atoms. The molecule has 1 fully saturated rings. The Labute approximate surface area is 107 Å². The fraction of sp³-hybridized carbons (Fsp3) is 0.455. The van der Waals surface area contributed by atoms with E-state index in [1.165, 1.54) is 12.3 Å². The lowest BCUT2D eigenvalue weighted by molar-refractivity contribution is 0.0616. The fourth-order valence-corrected chi connectivity index (χ4v) is 1.97. The molecule has 1 N–H and O–H groups in total. The van der Waals surface area contributed by atoms with Crippen molar-refractivity contribution in [3.63, 3.8) is 0 Å². The number of carboxylic acid groups (broad SMARTS) is 1. The summed E-state index contributed by atoms with van der Waals surface area (Å²) in [6.07, 6.45) is 3.52. The Morgan fingerprint density at radius 3 is 3.18 bits per heavy atom. The first-order valence-electron chi connectivity index (χ1n) is 5.30. The first-order chi connectivity index (χ1) is 8.16.